The molecule has 3 rings (SSSR count). The zero-order chi connectivity index (χ0) is 17.3. The summed E-state index contributed by atoms with van der Waals surface area (Å²) in [4.78, 5) is 11.0. The Kier molecular flexibility index (Phi) is 4.33. The van der Waals surface area contributed by atoms with Gasteiger partial charge in [-0.15, -0.1) is 0 Å². The maximum absolute atomic E-state index is 11.0. The summed E-state index contributed by atoms with van der Waals surface area (Å²) in [6.45, 7) is 6.53. The second-order valence-corrected chi connectivity index (χ2v) is 7.04. The second-order valence-electron chi connectivity index (χ2n) is 7.04. The molecular weight excluding hydrogens is 304 g/mol. The van der Waals surface area contributed by atoms with E-state index >= 15 is 0 Å². The van der Waals surface area contributed by atoms with Crippen LogP contribution in [0, 0.1) is 0 Å². The Balaban J connectivity index is 2.08. The molecule has 4 heteroatoms. The van der Waals surface area contributed by atoms with Gasteiger partial charge in [0.25, 0.3) is 0 Å². The van der Waals surface area contributed by atoms with E-state index in [-0.39, 0.29) is 18.1 Å². The van der Waals surface area contributed by atoms with Crippen LogP contribution in [0.15, 0.2) is 42.5 Å². The zero-order valence-corrected chi connectivity index (χ0v) is 14.2. The van der Waals surface area contributed by atoms with Crippen LogP contribution in [0.3, 0.4) is 0 Å². The number of rotatable bonds is 3. The van der Waals surface area contributed by atoms with E-state index in [4.69, 9.17) is 14.6 Å². The molecule has 0 fully saturated rings. The predicted molar refractivity (Wildman–Crippen MR) is 91.2 cm³/mol. The molecular formula is C20H22O4. The predicted octanol–water partition coefficient (Wildman–Crippen LogP) is 4.11. The van der Waals surface area contributed by atoms with Crippen LogP contribution in [0.1, 0.15) is 49.1 Å². The summed E-state index contributed by atoms with van der Waals surface area (Å²) < 4.78 is 12.3. The van der Waals surface area contributed by atoms with Crippen LogP contribution < -0.4 is 4.74 Å². The topological polar surface area (TPSA) is 55.8 Å². The average Bonchev–Trinajstić information content (AvgIpc) is 2.63. The quantitative estimate of drug-likeness (QED) is 0.922. The second kappa shape index (κ2) is 6.29. The molecule has 1 aliphatic heterocycles. The van der Waals surface area contributed by atoms with Gasteiger partial charge in [-0.05, 0) is 43.5 Å². The Morgan fingerprint density at radius 2 is 1.96 bits per heavy atom. The van der Waals surface area contributed by atoms with E-state index < -0.39 is 5.97 Å². The summed E-state index contributed by atoms with van der Waals surface area (Å²) in [6, 6.07) is 13.7. The molecule has 0 radical (unpaired) electrons. The van der Waals surface area contributed by atoms with Crippen molar-refractivity contribution >= 4 is 5.97 Å². The van der Waals surface area contributed by atoms with Crippen molar-refractivity contribution in [2.24, 2.45) is 0 Å². The fourth-order valence-electron chi connectivity index (χ4n) is 2.93. The molecule has 0 aromatic heterocycles. The monoisotopic (exact) mass is 326 g/mol. The third-order valence-electron chi connectivity index (χ3n) is 3.91. The molecule has 0 saturated heterocycles. The van der Waals surface area contributed by atoms with E-state index in [0.29, 0.717) is 12.4 Å². The van der Waals surface area contributed by atoms with Crippen molar-refractivity contribution in [1.29, 1.82) is 0 Å². The number of benzene rings is 2. The first-order chi connectivity index (χ1) is 11.3. The summed E-state index contributed by atoms with van der Waals surface area (Å²) in [5.41, 5.74) is 3.52. The minimum absolute atomic E-state index is 0.0195. The molecule has 24 heavy (non-hydrogen) atoms. The van der Waals surface area contributed by atoms with Gasteiger partial charge in [0.2, 0.25) is 0 Å². The molecule has 0 spiro atoms. The summed E-state index contributed by atoms with van der Waals surface area (Å²) in [6.07, 6.45) is -0.258. The van der Waals surface area contributed by atoms with Crippen molar-refractivity contribution in [3.8, 4) is 5.75 Å². The van der Waals surface area contributed by atoms with Crippen molar-refractivity contribution in [1.82, 2.24) is 0 Å². The first-order valence-corrected chi connectivity index (χ1v) is 8.06. The van der Waals surface area contributed by atoms with Crippen molar-refractivity contribution in [3.63, 3.8) is 0 Å². The van der Waals surface area contributed by atoms with Crippen LogP contribution in [-0.2, 0) is 22.6 Å². The molecule has 0 saturated carbocycles. The van der Waals surface area contributed by atoms with Gasteiger partial charge in [0.15, 0.2) is 0 Å². The number of carbonyl (C=O) groups is 1. The molecule has 1 atom stereocenters. The van der Waals surface area contributed by atoms with E-state index in [1.54, 1.807) is 0 Å². The minimum Gasteiger partial charge on any atom is -0.488 e. The van der Waals surface area contributed by atoms with Gasteiger partial charge in [-0.25, -0.2) is 0 Å². The first-order valence-electron chi connectivity index (χ1n) is 8.06. The Labute approximate surface area is 142 Å². The molecule has 1 N–H and O–H groups in total. The SMILES string of the molecule is CC(C)(C)OC1c2ccccc2COc2cc(CC(=O)O)ccc21. The fraction of sp³-hybridized carbons (Fsp3) is 0.350. The average molecular weight is 326 g/mol. The van der Waals surface area contributed by atoms with Gasteiger partial charge < -0.3 is 14.6 Å². The van der Waals surface area contributed by atoms with E-state index in [9.17, 15) is 4.79 Å². The lowest BCUT2D eigenvalue weighted by Gasteiger charge is -2.28. The number of fused-ring (bicyclic) bond motifs is 2. The maximum Gasteiger partial charge on any atom is 0.307 e. The maximum atomic E-state index is 11.0. The smallest absolute Gasteiger partial charge is 0.307 e. The van der Waals surface area contributed by atoms with E-state index in [1.807, 2.05) is 57.2 Å². The van der Waals surface area contributed by atoms with Crippen LogP contribution in [0.25, 0.3) is 0 Å². The normalized spacial score (nSPS) is 16.5. The lowest BCUT2D eigenvalue weighted by Crippen LogP contribution is -2.23. The number of aliphatic carboxylic acids is 1. The molecule has 2 aromatic rings. The molecule has 0 bridgehead atoms. The summed E-state index contributed by atoms with van der Waals surface area (Å²) in [5, 5.41) is 9.01. The Morgan fingerprint density at radius 1 is 1.21 bits per heavy atom. The number of carboxylic acids is 1. The minimum atomic E-state index is -0.852. The van der Waals surface area contributed by atoms with Crippen molar-refractivity contribution in [3.05, 3.63) is 64.7 Å². The standard InChI is InChI=1S/C20H22O4/c1-20(2,3)24-19-15-7-5-4-6-14(15)12-23-17-10-13(11-18(21)22)8-9-16(17)19/h4-10,19H,11-12H2,1-3H3,(H,21,22). The molecule has 0 aliphatic carbocycles. The van der Waals surface area contributed by atoms with Gasteiger partial charge in [0.1, 0.15) is 18.5 Å². The number of carboxylic acid groups (broad SMARTS) is 1. The highest BCUT2D eigenvalue weighted by atomic mass is 16.5. The van der Waals surface area contributed by atoms with Gasteiger partial charge in [-0.3, -0.25) is 4.79 Å². The molecule has 126 valence electrons. The highest BCUT2D eigenvalue weighted by molar-refractivity contribution is 5.70. The van der Waals surface area contributed by atoms with Crippen molar-refractivity contribution in [2.75, 3.05) is 0 Å². The van der Waals surface area contributed by atoms with Gasteiger partial charge in [-0.2, -0.15) is 0 Å². The Morgan fingerprint density at radius 3 is 2.67 bits per heavy atom. The van der Waals surface area contributed by atoms with Crippen LogP contribution >= 0.6 is 0 Å². The summed E-state index contributed by atoms with van der Waals surface area (Å²) in [5.74, 6) is -0.159. The Hall–Kier alpha value is -2.33. The van der Waals surface area contributed by atoms with E-state index in [2.05, 4.69) is 6.07 Å². The van der Waals surface area contributed by atoms with Gasteiger partial charge in [-0.1, -0.05) is 36.4 Å². The third-order valence-corrected chi connectivity index (χ3v) is 3.91. The Bertz CT molecular complexity index is 758. The summed E-state index contributed by atoms with van der Waals surface area (Å²) >= 11 is 0. The third kappa shape index (κ3) is 3.60. The zero-order valence-electron chi connectivity index (χ0n) is 14.2. The van der Waals surface area contributed by atoms with Crippen LogP contribution in [0.4, 0.5) is 0 Å². The largest absolute Gasteiger partial charge is 0.488 e. The van der Waals surface area contributed by atoms with E-state index in [1.165, 1.54) is 0 Å². The molecule has 1 aliphatic rings. The molecule has 0 amide bonds. The van der Waals surface area contributed by atoms with E-state index in [0.717, 1.165) is 22.3 Å². The first kappa shape index (κ1) is 16.5. The highest BCUT2D eigenvalue weighted by Crippen LogP contribution is 2.40. The van der Waals surface area contributed by atoms with Gasteiger partial charge >= 0.3 is 5.97 Å². The molecule has 1 heterocycles. The lowest BCUT2D eigenvalue weighted by molar-refractivity contribution is -0.136. The summed E-state index contributed by atoms with van der Waals surface area (Å²) in [7, 11) is 0. The number of hydrogen-bond acceptors (Lipinski definition) is 3. The molecule has 4 nitrogen and oxygen atoms in total. The molecule has 2 aromatic carbocycles. The number of hydrogen-bond donors (Lipinski definition) is 1. The van der Waals surface area contributed by atoms with Crippen molar-refractivity contribution < 1.29 is 19.4 Å². The number of ether oxygens (including phenoxy) is 2. The van der Waals surface area contributed by atoms with Crippen LogP contribution in [0.5, 0.6) is 5.75 Å². The van der Waals surface area contributed by atoms with Crippen molar-refractivity contribution in [2.45, 2.75) is 45.5 Å². The fourth-order valence-corrected chi connectivity index (χ4v) is 2.93. The van der Waals surface area contributed by atoms with Crippen LogP contribution in [-0.4, -0.2) is 16.7 Å². The van der Waals surface area contributed by atoms with Crippen LogP contribution in [0.2, 0.25) is 0 Å². The highest BCUT2D eigenvalue weighted by Gasteiger charge is 2.29. The molecule has 1 unspecified atom stereocenters. The lowest BCUT2D eigenvalue weighted by atomic mass is 9.95. The van der Waals surface area contributed by atoms with Gasteiger partial charge in [0.05, 0.1) is 12.0 Å². The van der Waals surface area contributed by atoms with Gasteiger partial charge in [0, 0.05) is 5.56 Å².